The van der Waals surface area contributed by atoms with Gasteiger partial charge in [0.05, 0.1) is 0 Å². The molecule has 4 rings (SSSR count). The van der Waals surface area contributed by atoms with Crippen LogP contribution in [0.4, 0.5) is 10.2 Å². The molecule has 0 bridgehead atoms. The number of fused-ring (bicyclic) bond motifs is 1. The lowest BCUT2D eigenvalue weighted by atomic mass is 10.1. The molecule has 1 N–H and O–H groups in total. The first-order chi connectivity index (χ1) is 13.2. The number of nitrogens with one attached hydrogen (secondary N) is 1. The Kier molecular flexibility index (Phi) is 5.22. The van der Waals surface area contributed by atoms with Crippen molar-refractivity contribution in [1.82, 2.24) is 9.38 Å². The second-order valence-electron chi connectivity index (χ2n) is 5.83. The molecule has 2 heterocycles. The molecule has 0 radical (unpaired) electrons. The first-order valence-corrected chi connectivity index (χ1v) is 10.3. The van der Waals surface area contributed by atoms with Crippen molar-refractivity contribution in [2.24, 2.45) is 0 Å². The van der Waals surface area contributed by atoms with Crippen molar-refractivity contribution in [3.8, 4) is 11.3 Å². The third kappa shape index (κ3) is 4.04. The highest BCUT2D eigenvalue weighted by atomic mass is 32.2. The summed E-state index contributed by atoms with van der Waals surface area (Å²) in [5.74, 6) is 0.929. The summed E-state index contributed by atoms with van der Waals surface area (Å²) in [5, 5.41) is 4.89. The van der Waals surface area contributed by atoms with Gasteiger partial charge in [0.25, 0.3) is 0 Å². The minimum absolute atomic E-state index is 0.0743. The zero-order valence-electron chi connectivity index (χ0n) is 14.3. The number of hydrogen-bond donors (Lipinski definition) is 1. The lowest BCUT2D eigenvalue weighted by molar-refractivity contribution is -0.115. The van der Waals surface area contributed by atoms with Crippen LogP contribution >= 0.6 is 23.1 Å². The molecule has 4 aromatic rings. The Hall–Kier alpha value is -2.64. The van der Waals surface area contributed by atoms with Crippen molar-refractivity contribution in [1.29, 1.82) is 0 Å². The Labute approximate surface area is 164 Å². The predicted molar refractivity (Wildman–Crippen MR) is 109 cm³/mol. The molecule has 0 atom stereocenters. The summed E-state index contributed by atoms with van der Waals surface area (Å²) < 4.78 is 15.1. The van der Waals surface area contributed by atoms with E-state index in [2.05, 4.69) is 10.3 Å². The fourth-order valence-corrected chi connectivity index (χ4v) is 4.27. The minimum atomic E-state index is -0.303. The number of benzene rings is 2. The van der Waals surface area contributed by atoms with Crippen LogP contribution in [0, 0.1) is 5.82 Å². The van der Waals surface area contributed by atoms with Gasteiger partial charge in [0.2, 0.25) is 5.91 Å². The van der Waals surface area contributed by atoms with Gasteiger partial charge in [-0.25, -0.2) is 9.37 Å². The van der Waals surface area contributed by atoms with Gasteiger partial charge < -0.3 is 5.32 Å². The maximum atomic E-state index is 13.2. The van der Waals surface area contributed by atoms with Crippen LogP contribution in [0.5, 0.6) is 0 Å². The smallest absolute Gasteiger partial charge is 0.226 e. The second kappa shape index (κ2) is 7.94. The van der Waals surface area contributed by atoms with Crippen LogP contribution in [-0.4, -0.2) is 21.0 Å². The number of carbonyl (C=O) groups is 1. The Balaban J connectivity index is 1.50. The zero-order valence-corrected chi connectivity index (χ0v) is 15.9. The van der Waals surface area contributed by atoms with Gasteiger partial charge in [-0.2, -0.15) is 0 Å². The SMILES string of the molecule is O=C(CCSc1ccccc1)Nc1c(-c2ccc(F)cc2)nc2sccn12. The summed E-state index contributed by atoms with van der Waals surface area (Å²) in [6.45, 7) is 0. The van der Waals surface area contributed by atoms with E-state index in [1.807, 2.05) is 46.3 Å². The summed E-state index contributed by atoms with van der Waals surface area (Å²) in [6, 6.07) is 16.1. The van der Waals surface area contributed by atoms with E-state index in [4.69, 9.17) is 0 Å². The summed E-state index contributed by atoms with van der Waals surface area (Å²) in [6.07, 6.45) is 2.26. The summed E-state index contributed by atoms with van der Waals surface area (Å²) >= 11 is 3.13. The van der Waals surface area contributed by atoms with E-state index in [9.17, 15) is 9.18 Å². The fraction of sp³-hybridized carbons (Fsp3) is 0.100. The number of carbonyl (C=O) groups excluding carboxylic acids is 1. The second-order valence-corrected chi connectivity index (χ2v) is 7.87. The number of anilines is 1. The van der Waals surface area contributed by atoms with Gasteiger partial charge in [0.1, 0.15) is 17.3 Å². The molecule has 0 fully saturated rings. The molecule has 0 saturated carbocycles. The molecule has 2 aromatic heterocycles. The predicted octanol–water partition coefficient (Wildman–Crippen LogP) is 5.32. The Morgan fingerprint density at radius 2 is 1.93 bits per heavy atom. The maximum absolute atomic E-state index is 13.2. The molecule has 27 heavy (non-hydrogen) atoms. The molecule has 0 spiro atoms. The molecular formula is C20H16FN3OS2. The molecule has 0 unspecified atom stereocenters. The number of imidazole rings is 1. The van der Waals surface area contributed by atoms with Crippen LogP contribution in [0.2, 0.25) is 0 Å². The standard InChI is InChI=1S/C20H16FN3OS2/c21-15-8-6-14(7-9-15)18-19(24-11-13-27-20(24)23-18)22-17(25)10-12-26-16-4-2-1-3-5-16/h1-9,11,13H,10,12H2,(H,22,25). The molecule has 136 valence electrons. The molecule has 0 aliphatic heterocycles. The van der Waals surface area contributed by atoms with Crippen LogP contribution in [0.25, 0.3) is 16.2 Å². The van der Waals surface area contributed by atoms with Gasteiger partial charge in [-0.15, -0.1) is 23.1 Å². The van der Waals surface area contributed by atoms with E-state index in [0.717, 1.165) is 15.4 Å². The molecule has 0 aliphatic carbocycles. The Bertz CT molecular complexity index is 1060. The molecule has 7 heteroatoms. The van der Waals surface area contributed by atoms with E-state index in [1.54, 1.807) is 23.9 Å². The van der Waals surface area contributed by atoms with Crippen molar-refractivity contribution in [3.05, 3.63) is 72.0 Å². The number of amides is 1. The highest BCUT2D eigenvalue weighted by Crippen LogP contribution is 2.31. The maximum Gasteiger partial charge on any atom is 0.226 e. The van der Waals surface area contributed by atoms with Gasteiger partial charge in [0.15, 0.2) is 4.96 Å². The molecule has 1 amide bonds. The van der Waals surface area contributed by atoms with Crippen LogP contribution in [0.1, 0.15) is 6.42 Å². The Morgan fingerprint density at radius 3 is 2.70 bits per heavy atom. The molecule has 2 aromatic carbocycles. The average Bonchev–Trinajstić information content (AvgIpc) is 3.26. The van der Waals surface area contributed by atoms with E-state index < -0.39 is 0 Å². The highest BCUT2D eigenvalue weighted by molar-refractivity contribution is 7.99. The van der Waals surface area contributed by atoms with Gasteiger partial charge >= 0.3 is 0 Å². The molecule has 4 nitrogen and oxygen atoms in total. The third-order valence-corrected chi connectivity index (χ3v) is 5.75. The van der Waals surface area contributed by atoms with Crippen LogP contribution < -0.4 is 5.32 Å². The minimum Gasteiger partial charge on any atom is -0.310 e. The summed E-state index contributed by atoms with van der Waals surface area (Å²) in [7, 11) is 0. The lowest BCUT2D eigenvalue weighted by Gasteiger charge is -2.07. The quantitative estimate of drug-likeness (QED) is 0.448. The van der Waals surface area contributed by atoms with E-state index >= 15 is 0 Å². The largest absolute Gasteiger partial charge is 0.310 e. The first kappa shape index (κ1) is 17.8. The first-order valence-electron chi connectivity index (χ1n) is 8.40. The normalized spacial score (nSPS) is 11.0. The number of hydrogen-bond acceptors (Lipinski definition) is 4. The van der Waals surface area contributed by atoms with Gasteiger partial charge in [-0.3, -0.25) is 9.20 Å². The van der Waals surface area contributed by atoms with Crippen molar-refractivity contribution in [3.63, 3.8) is 0 Å². The van der Waals surface area contributed by atoms with Crippen LogP contribution in [-0.2, 0) is 4.79 Å². The summed E-state index contributed by atoms with van der Waals surface area (Å²) in [5.41, 5.74) is 1.41. The van der Waals surface area contributed by atoms with E-state index in [1.165, 1.54) is 23.5 Å². The van der Waals surface area contributed by atoms with Gasteiger partial charge in [-0.1, -0.05) is 18.2 Å². The van der Waals surface area contributed by atoms with Gasteiger partial charge in [0, 0.05) is 34.2 Å². The van der Waals surface area contributed by atoms with Crippen LogP contribution in [0.15, 0.2) is 71.1 Å². The van der Waals surface area contributed by atoms with E-state index in [0.29, 0.717) is 23.7 Å². The number of aromatic nitrogens is 2. The Morgan fingerprint density at radius 1 is 1.15 bits per heavy atom. The van der Waals surface area contributed by atoms with Crippen molar-refractivity contribution in [2.45, 2.75) is 11.3 Å². The number of thioether (sulfide) groups is 1. The molecule has 0 saturated heterocycles. The van der Waals surface area contributed by atoms with Crippen molar-refractivity contribution in [2.75, 3.05) is 11.1 Å². The van der Waals surface area contributed by atoms with Crippen molar-refractivity contribution >= 4 is 39.8 Å². The third-order valence-electron chi connectivity index (χ3n) is 3.98. The number of thiazole rings is 1. The topological polar surface area (TPSA) is 46.4 Å². The van der Waals surface area contributed by atoms with Gasteiger partial charge in [-0.05, 0) is 36.4 Å². The lowest BCUT2D eigenvalue weighted by Crippen LogP contribution is -2.14. The van der Waals surface area contributed by atoms with Crippen LogP contribution in [0.3, 0.4) is 0 Å². The fourth-order valence-electron chi connectivity index (χ4n) is 2.69. The monoisotopic (exact) mass is 397 g/mol. The number of rotatable bonds is 6. The highest BCUT2D eigenvalue weighted by Gasteiger charge is 2.17. The van der Waals surface area contributed by atoms with E-state index in [-0.39, 0.29) is 11.7 Å². The average molecular weight is 398 g/mol. The number of nitrogens with zero attached hydrogens (tertiary/aromatic N) is 2. The molecular weight excluding hydrogens is 381 g/mol. The summed E-state index contributed by atoms with van der Waals surface area (Å²) in [4.78, 5) is 19.0. The van der Waals surface area contributed by atoms with Crippen molar-refractivity contribution < 1.29 is 9.18 Å². The molecule has 0 aliphatic rings. The number of halogens is 1. The zero-order chi connectivity index (χ0) is 18.6.